The molecule has 0 saturated carbocycles. The van der Waals surface area contributed by atoms with Crippen molar-refractivity contribution < 1.29 is 14.7 Å². The molecule has 124 valence electrons. The summed E-state index contributed by atoms with van der Waals surface area (Å²) in [7, 11) is 0. The predicted molar refractivity (Wildman–Crippen MR) is 84.9 cm³/mol. The zero-order valence-electron chi connectivity index (χ0n) is 13.3. The molecule has 1 aromatic heterocycles. The maximum atomic E-state index is 10.3. The number of nitrogens with zero attached hydrogens (tertiary/aromatic N) is 3. The number of aliphatic hydroxyl groups excluding tert-OH is 2. The van der Waals surface area contributed by atoms with Crippen molar-refractivity contribution in [1.82, 2.24) is 15.0 Å². The van der Waals surface area contributed by atoms with E-state index in [9.17, 15) is 10.2 Å². The first kappa shape index (κ1) is 16.1. The zero-order valence-corrected chi connectivity index (χ0v) is 13.3. The standard InChI is InChI=1S/C17H23N3O3/c1-12-18-17(23-19-12)14-7-9-20(10-8-14)16(15(22)11-21)13-5-3-2-4-6-13/h2-6,14-16,21-22H,7-11H2,1H3. The van der Waals surface area contributed by atoms with Crippen LogP contribution in [-0.2, 0) is 0 Å². The molecule has 2 aromatic rings. The number of aryl methyl sites for hydroxylation is 1. The average molecular weight is 317 g/mol. The summed E-state index contributed by atoms with van der Waals surface area (Å²) in [6.07, 6.45) is 1.02. The normalized spacial score (nSPS) is 19.6. The molecule has 0 amide bonds. The Bertz CT molecular complexity index is 609. The number of benzene rings is 1. The molecule has 2 N–H and O–H groups in total. The Morgan fingerprint density at radius 2 is 1.96 bits per heavy atom. The van der Waals surface area contributed by atoms with Gasteiger partial charge in [-0.15, -0.1) is 0 Å². The highest BCUT2D eigenvalue weighted by atomic mass is 16.5. The topological polar surface area (TPSA) is 82.6 Å². The third kappa shape index (κ3) is 3.60. The zero-order chi connectivity index (χ0) is 16.2. The van der Waals surface area contributed by atoms with Crippen LogP contribution in [0.2, 0.25) is 0 Å². The van der Waals surface area contributed by atoms with Crippen LogP contribution >= 0.6 is 0 Å². The largest absolute Gasteiger partial charge is 0.394 e. The minimum absolute atomic E-state index is 0.188. The molecule has 6 nitrogen and oxygen atoms in total. The minimum Gasteiger partial charge on any atom is -0.394 e. The van der Waals surface area contributed by atoms with E-state index in [-0.39, 0.29) is 18.6 Å². The Morgan fingerprint density at radius 1 is 1.26 bits per heavy atom. The molecule has 1 saturated heterocycles. The molecule has 0 radical (unpaired) electrons. The molecule has 1 aliphatic heterocycles. The van der Waals surface area contributed by atoms with E-state index in [0.29, 0.717) is 11.7 Å². The summed E-state index contributed by atoms with van der Waals surface area (Å²) >= 11 is 0. The second kappa shape index (κ2) is 7.21. The lowest BCUT2D eigenvalue weighted by Gasteiger charge is -2.38. The SMILES string of the molecule is Cc1noc(C2CCN(C(c3ccccc3)C(O)CO)CC2)n1. The van der Waals surface area contributed by atoms with Crippen LogP contribution in [0.15, 0.2) is 34.9 Å². The van der Waals surface area contributed by atoms with Gasteiger partial charge >= 0.3 is 0 Å². The molecule has 2 atom stereocenters. The van der Waals surface area contributed by atoms with Crippen LogP contribution in [0.25, 0.3) is 0 Å². The Kier molecular flexibility index (Phi) is 5.05. The molecule has 23 heavy (non-hydrogen) atoms. The fourth-order valence-corrected chi connectivity index (χ4v) is 3.33. The van der Waals surface area contributed by atoms with Gasteiger partial charge in [0, 0.05) is 5.92 Å². The minimum atomic E-state index is -0.792. The number of hydrogen-bond donors (Lipinski definition) is 2. The summed E-state index contributed by atoms with van der Waals surface area (Å²) in [5.74, 6) is 1.65. The van der Waals surface area contributed by atoms with E-state index in [4.69, 9.17) is 4.52 Å². The summed E-state index contributed by atoms with van der Waals surface area (Å²) in [6.45, 7) is 3.22. The third-order valence-corrected chi connectivity index (χ3v) is 4.51. The monoisotopic (exact) mass is 317 g/mol. The molecule has 2 unspecified atom stereocenters. The van der Waals surface area contributed by atoms with Crippen LogP contribution in [0.4, 0.5) is 0 Å². The Hall–Kier alpha value is -1.76. The summed E-state index contributed by atoms with van der Waals surface area (Å²) in [6, 6.07) is 9.68. The molecular formula is C17H23N3O3. The van der Waals surface area contributed by atoms with E-state index in [1.165, 1.54) is 0 Å². The van der Waals surface area contributed by atoms with Crippen molar-refractivity contribution in [2.45, 2.75) is 37.8 Å². The van der Waals surface area contributed by atoms with Crippen LogP contribution in [0.1, 0.15) is 42.1 Å². The second-order valence-electron chi connectivity index (χ2n) is 6.10. The average Bonchev–Trinajstić information content (AvgIpc) is 3.03. The highest BCUT2D eigenvalue weighted by Gasteiger charge is 2.32. The van der Waals surface area contributed by atoms with Crippen molar-refractivity contribution in [3.63, 3.8) is 0 Å². The first-order valence-corrected chi connectivity index (χ1v) is 8.07. The molecule has 0 aliphatic carbocycles. The quantitative estimate of drug-likeness (QED) is 0.872. The lowest BCUT2D eigenvalue weighted by Crippen LogP contribution is -2.42. The van der Waals surface area contributed by atoms with Gasteiger partial charge in [0.25, 0.3) is 0 Å². The summed E-state index contributed by atoms with van der Waals surface area (Å²) in [4.78, 5) is 6.56. The van der Waals surface area contributed by atoms with Gasteiger partial charge in [-0.2, -0.15) is 4.98 Å². The first-order valence-electron chi connectivity index (χ1n) is 8.07. The van der Waals surface area contributed by atoms with Crippen LogP contribution in [-0.4, -0.2) is 51.1 Å². The lowest BCUT2D eigenvalue weighted by molar-refractivity contribution is -0.000679. The fraction of sp³-hybridized carbons (Fsp3) is 0.529. The molecule has 3 rings (SSSR count). The number of hydrogen-bond acceptors (Lipinski definition) is 6. The van der Waals surface area contributed by atoms with Crippen LogP contribution in [0.5, 0.6) is 0 Å². The van der Waals surface area contributed by atoms with Gasteiger partial charge in [-0.3, -0.25) is 4.90 Å². The number of aromatic nitrogens is 2. The first-order chi connectivity index (χ1) is 11.2. The molecule has 2 heterocycles. The van der Waals surface area contributed by atoms with Crippen molar-refractivity contribution in [3.8, 4) is 0 Å². The molecule has 1 fully saturated rings. The van der Waals surface area contributed by atoms with E-state index in [1.54, 1.807) is 0 Å². The summed E-state index contributed by atoms with van der Waals surface area (Å²) < 4.78 is 5.28. The van der Waals surface area contributed by atoms with E-state index < -0.39 is 6.10 Å². The predicted octanol–water partition coefficient (Wildman–Crippen LogP) is 1.65. The molecular weight excluding hydrogens is 294 g/mol. The van der Waals surface area contributed by atoms with Crippen molar-refractivity contribution >= 4 is 0 Å². The van der Waals surface area contributed by atoms with Gasteiger partial charge in [0.05, 0.1) is 18.8 Å². The summed E-state index contributed by atoms with van der Waals surface area (Å²) in [5.41, 5.74) is 1.03. The smallest absolute Gasteiger partial charge is 0.229 e. The second-order valence-corrected chi connectivity index (χ2v) is 6.10. The molecule has 1 aliphatic rings. The maximum Gasteiger partial charge on any atom is 0.229 e. The van der Waals surface area contributed by atoms with Gasteiger partial charge in [-0.05, 0) is 38.4 Å². The van der Waals surface area contributed by atoms with Crippen molar-refractivity contribution in [3.05, 3.63) is 47.6 Å². The van der Waals surface area contributed by atoms with Crippen molar-refractivity contribution in [2.75, 3.05) is 19.7 Å². The lowest BCUT2D eigenvalue weighted by atomic mass is 9.92. The molecule has 0 bridgehead atoms. The fourth-order valence-electron chi connectivity index (χ4n) is 3.33. The highest BCUT2D eigenvalue weighted by molar-refractivity contribution is 5.20. The van der Waals surface area contributed by atoms with Crippen molar-refractivity contribution in [1.29, 1.82) is 0 Å². The van der Waals surface area contributed by atoms with Gasteiger partial charge in [-0.1, -0.05) is 35.5 Å². The van der Waals surface area contributed by atoms with E-state index in [1.807, 2.05) is 37.3 Å². The van der Waals surface area contributed by atoms with Gasteiger partial charge in [0.15, 0.2) is 5.82 Å². The van der Waals surface area contributed by atoms with Crippen molar-refractivity contribution in [2.24, 2.45) is 0 Å². The number of piperidine rings is 1. The van der Waals surface area contributed by atoms with E-state index in [0.717, 1.165) is 31.5 Å². The van der Waals surface area contributed by atoms with E-state index >= 15 is 0 Å². The van der Waals surface area contributed by atoms with Crippen LogP contribution < -0.4 is 0 Å². The molecule has 6 heteroatoms. The van der Waals surface area contributed by atoms with Gasteiger partial charge in [0.2, 0.25) is 5.89 Å². The van der Waals surface area contributed by atoms with Gasteiger partial charge in [-0.25, -0.2) is 0 Å². The van der Waals surface area contributed by atoms with Crippen LogP contribution in [0, 0.1) is 6.92 Å². The maximum absolute atomic E-state index is 10.3. The Labute approximate surface area is 135 Å². The van der Waals surface area contributed by atoms with Gasteiger partial charge in [0.1, 0.15) is 0 Å². The van der Waals surface area contributed by atoms with E-state index in [2.05, 4.69) is 15.0 Å². The highest BCUT2D eigenvalue weighted by Crippen LogP contribution is 2.33. The third-order valence-electron chi connectivity index (χ3n) is 4.51. The Balaban J connectivity index is 1.70. The number of likely N-dealkylation sites (tertiary alicyclic amines) is 1. The molecule has 1 aromatic carbocycles. The molecule has 0 spiro atoms. The number of aliphatic hydroxyl groups is 2. The Morgan fingerprint density at radius 3 is 2.52 bits per heavy atom. The number of rotatable bonds is 5. The van der Waals surface area contributed by atoms with Gasteiger partial charge < -0.3 is 14.7 Å². The summed E-state index contributed by atoms with van der Waals surface area (Å²) in [5, 5.41) is 23.6. The van der Waals surface area contributed by atoms with Crippen LogP contribution in [0.3, 0.4) is 0 Å².